The highest BCUT2D eigenvalue weighted by molar-refractivity contribution is 5.99. The molecular formula is C91H80N4. The number of hydrogen-bond donors (Lipinski definition) is 0. The molecule has 0 bridgehead atoms. The summed E-state index contributed by atoms with van der Waals surface area (Å²) in [4.78, 5) is 8.95. The molecule has 0 fully saturated rings. The molecule has 0 atom stereocenters. The first kappa shape index (κ1) is 61.7. The summed E-state index contributed by atoms with van der Waals surface area (Å²) in [6.07, 6.45) is 7.82. The van der Waals surface area contributed by atoms with Crippen molar-refractivity contribution in [2.75, 3.05) is 9.80 Å². The van der Waals surface area contributed by atoms with Gasteiger partial charge in [0.05, 0.1) is 23.6 Å². The molecule has 0 N–H and O–H groups in total. The Bertz CT molecular complexity index is 4390. The molecule has 0 heterocycles. The molecule has 4 nitrogen and oxygen atoms in total. The second-order valence-electron chi connectivity index (χ2n) is 25.8. The largest absolute Gasteiger partial charge is 0.310 e. The first-order valence-corrected chi connectivity index (χ1v) is 34.4. The maximum atomic E-state index is 10.9. The summed E-state index contributed by atoms with van der Waals surface area (Å²) in [5.74, 6) is 0. The van der Waals surface area contributed by atoms with Gasteiger partial charge in [0.25, 0.3) is 0 Å². The van der Waals surface area contributed by atoms with Crippen molar-refractivity contribution >= 4 is 39.8 Å². The van der Waals surface area contributed by atoms with Gasteiger partial charge in [0.1, 0.15) is 0 Å². The second kappa shape index (κ2) is 26.0. The molecule has 2 aliphatic rings. The quantitative estimate of drug-likeness (QED) is 0.0803. The molecule has 0 saturated heterocycles. The summed E-state index contributed by atoms with van der Waals surface area (Å²) in [6, 6.07) is 93.6. The first-order valence-electron chi connectivity index (χ1n) is 34.4. The molecule has 1 spiro atoms. The number of nitrogens with zero attached hydrogens (tertiary/aromatic N) is 4. The van der Waals surface area contributed by atoms with Crippen LogP contribution in [0, 0.1) is 17.9 Å². The number of benzene rings is 12. The minimum absolute atomic E-state index is 0.569. The van der Waals surface area contributed by atoms with Gasteiger partial charge in [0.15, 0.2) is 5.69 Å². The Morgan fingerprint density at radius 2 is 0.537 bits per heavy atom. The maximum Gasteiger partial charge on any atom is 0.187 e. The summed E-state index contributed by atoms with van der Waals surface area (Å²) < 4.78 is 0. The van der Waals surface area contributed by atoms with Crippen molar-refractivity contribution in [3.8, 4) is 72.8 Å². The van der Waals surface area contributed by atoms with Crippen LogP contribution < -0.4 is 9.80 Å². The van der Waals surface area contributed by atoms with Gasteiger partial charge >= 0.3 is 0 Å². The summed E-state index contributed by atoms with van der Waals surface area (Å²) in [5, 5.41) is 10.9. The van der Waals surface area contributed by atoms with Crippen LogP contribution in [0.2, 0.25) is 0 Å². The Morgan fingerprint density at radius 1 is 0.284 bits per heavy atom. The van der Waals surface area contributed by atoms with Gasteiger partial charge in [-0.05, 0) is 270 Å². The van der Waals surface area contributed by atoms with E-state index in [1.165, 1.54) is 89.0 Å². The molecule has 0 aromatic heterocycles. The number of anilines is 6. The van der Waals surface area contributed by atoms with Crippen LogP contribution in [0.15, 0.2) is 243 Å². The zero-order valence-corrected chi connectivity index (χ0v) is 56.0. The highest BCUT2D eigenvalue weighted by Gasteiger charge is 2.52. The van der Waals surface area contributed by atoms with Gasteiger partial charge in [-0.25, -0.2) is 4.85 Å². The monoisotopic (exact) mass is 1230 g/mol. The van der Waals surface area contributed by atoms with Crippen LogP contribution in [-0.2, 0) is 56.8 Å². The fourth-order valence-corrected chi connectivity index (χ4v) is 15.1. The minimum Gasteiger partial charge on any atom is -0.310 e. The highest BCUT2D eigenvalue weighted by Crippen LogP contribution is 2.65. The molecular weight excluding hydrogens is 1150 g/mol. The number of nitriles is 1. The molecule has 12 aromatic carbocycles. The second-order valence-corrected chi connectivity index (χ2v) is 25.8. The Labute approximate surface area is 562 Å². The third kappa shape index (κ3) is 11.2. The van der Waals surface area contributed by atoms with Crippen LogP contribution in [0.25, 0.3) is 71.6 Å². The van der Waals surface area contributed by atoms with E-state index in [0.717, 1.165) is 130 Å². The van der Waals surface area contributed by atoms with E-state index in [1.54, 1.807) is 0 Å². The van der Waals surface area contributed by atoms with Crippen LogP contribution in [0.1, 0.15) is 128 Å². The van der Waals surface area contributed by atoms with Crippen molar-refractivity contribution in [3.63, 3.8) is 0 Å². The van der Waals surface area contributed by atoms with Gasteiger partial charge in [0, 0.05) is 34.1 Å². The summed E-state index contributed by atoms with van der Waals surface area (Å²) in [5.41, 5.74) is 35.4. The van der Waals surface area contributed by atoms with E-state index in [2.05, 4.69) is 307 Å². The van der Waals surface area contributed by atoms with Gasteiger partial charge in [-0.15, -0.1) is 0 Å². The Balaban J connectivity index is 0.978. The lowest BCUT2D eigenvalue weighted by Crippen LogP contribution is -2.26. The summed E-state index contributed by atoms with van der Waals surface area (Å²) in [6.45, 7) is 26.4. The fraction of sp³-hybridized carbons (Fsp3) is 0.187. The predicted molar refractivity (Wildman–Crippen MR) is 400 cm³/mol. The molecule has 0 unspecified atom stereocenters. The van der Waals surface area contributed by atoms with Crippen LogP contribution >= 0.6 is 0 Å². The number of rotatable bonds is 18. The molecule has 0 aliphatic heterocycles. The van der Waals surface area contributed by atoms with Gasteiger partial charge in [-0.1, -0.05) is 213 Å². The van der Waals surface area contributed by atoms with Crippen molar-refractivity contribution in [2.45, 2.75) is 112 Å². The lowest BCUT2D eigenvalue weighted by molar-refractivity contribution is 0.793. The van der Waals surface area contributed by atoms with Gasteiger partial charge in [-0.3, -0.25) is 0 Å². The van der Waals surface area contributed by atoms with Gasteiger partial charge < -0.3 is 9.80 Å². The normalized spacial score (nSPS) is 12.2. The van der Waals surface area contributed by atoms with Crippen LogP contribution in [0.5, 0.6) is 0 Å². The van der Waals surface area contributed by atoms with E-state index in [9.17, 15) is 5.26 Å². The Kier molecular flexibility index (Phi) is 16.9. The van der Waals surface area contributed by atoms with E-state index in [1.807, 2.05) is 12.1 Å². The van der Waals surface area contributed by atoms with Crippen molar-refractivity contribution < 1.29 is 0 Å². The molecule has 0 saturated carbocycles. The van der Waals surface area contributed by atoms with E-state index < -0.39 is 5.41 Å². The molecule has 0 amide bonds. The highest BCUT2D eigenvalue weighted by atomic mass is 15.1. The van der Waals surface area contributed by atoms with E-state index in [4.69, 9.17) is 6.57 Å². The molecule has 4 heteroatoms. The fourth-order valence-electron chi connectivity index (χ4n) is 15.1. The van der Waals surface area contributed by atoms with Crippen LogP contribution in [-0.4, -0.2) is 0 Å². The Hall–Kier alpha value is -10.8. The standard InChI is InChI=1S/C91H80N4/c1-10-59-42-60(11-2)47-72(46-59)68-19-28-77(29-20-68)94(78-30-21-69(22-31-78)73-48-61(12-3)43-62(13-4)49-73)81-36-40-85-86-41-37-82(57-90(86)91(89(85)56-81)87-54-67(58-92)18-38-83(87)84-39-27-76(93-9)55-88(84)91)95(79-32-23-70(24-33-79)74-50-63(14-5)44-64(15-6)51-74)80-34-25-71(26-35-80)75-52-65(16-7)45-66(17-8)53-75/h18-57H,10-17H2,1-8H3. The first-order chi connectivity index (χ1) is 46.5. The molecule has 12 aromatic rings. The zero-order valence-electron chi connectivity index (χ0n) is 56.0. The van der Waals surface area contributed by atoms with E-state index in [0.29, 0.717) is 11.3 Å². The molecule has 464 valence electrons. The van der Waals surface area contributed by atoms with Gasteiger partial charge in [0.2, 0.25) is 0 Å². The average Bonchev–Trinajstić information content (AvgIpc) is 1.51. The molecule has 0 radical (unpaired) electrons. The van der Waals surface area contributed by atoms with E-state index >= 15 is 0 Å². The van der Waals surface area contributed by atoms with E-state index in [-0.39, 0.29) is 0 Å². The third-order valence-corrected chi connectivity index (χ3v) is 20.3. The van der Waals surface area contributed by atoms with Crippen molar-refractivity contribution in [3.05, 3.63) is 326 Å². The van der Waals surface area contributed by atoms with Crippen LogP contribution in [0.4, 0.5) is 39.8 Å². The number of aryl methyl sites for hydroxylation is 8. The summed E-state index contributed by atoms with van der Waals surface area (Å²) in [7, 11) is 0. The minimum atomic E-state index is -0.946. The number of fused-ring (bicyclic) bond motifs is 10. The molecule has 2 aliphatic carbocycles. The molecule has 95 heavy (non-hydrogen) atoms. The topological polar surface area (TPSA) is 34.6 Å². The predicted octanol–water partition coefficient (Wildman–Crippen LogP) is 24.6. The number of hydrogen-bond acceptors (Lipinski definition) is 3. The zero-order chi connectivity index (χ0) is 65.5. The van der Waals surface area contributed by atoms with Crippen LogP contribution in [0.3, 0.4) is 0 Å². The summed E-state index contributed by atoms with van der Waals surface area (Å²) >= 11 is 0. The third-order valence-electron chi connectivity index (χ3n) is 20.3. The van der Waals surface area contributed by atoms with Crippen molar-refractivity contribution in [1.29, 1.82) is 5.26 Å². The Morgan fingerprint density at radius 3 is 0.811 bits per heavy atom. The van der Waals surface area contributed by atoms with Crippen molar-refractivity contribution in [2.24, 2.45) is 0 Å². The maximum absolute atomic E-state index is 10.9. The SMILES string of the molecule is [C-]#[N+]c1ccc2c(c1)C1(c3cc(C#N)ccc3-2)c2cc(N(c3ccc(-c4cc(CC)cc(CC)c4)cc3)c3ccc(-c4cc(CC)cc(CC)c4)cc3)ccc2-c2ccc(N(c3ccc(-c4cc(CC)cc(CC)c4)cc3)c3ccc(-c4cc(CC)cc(CC)c4)cc3)cc21. The lowest BCUT2D eigenvalue weighted by atomic mass is 9.70. The average molecular weight is 1230 g/mol. The van der Waals surface area contributed by atoms with Crippen molar-refractivity contribution in [1.82, 2.24) is 0 Å². The lowest BCUT2D eigenvalue weighted by Gasteiger charge is -2.33. The van der Waals surface area contributed by atoms with Gasteiger partial charge in [-0.2, -0.15) is 5.26 Å². The smallest absolute Gasteiger partial charge is 0.187 e. The molecule has 14 rings (SSSR count).